The van der Waals surface area contributed by atoms with Crippen molar-refractivity contribution in [2.45, 2.75) is 25.9 Å². The Hall–Kier alpha value is -2.68. The van der Waals surface area contributed by atoms with Crippen molar-refractivity contribution in [3.05, 3.63) is 86.8 Å². The molecule has 0 aliphatic carbocycles. The SMILES string of the molecule is Cc1cc(Br)c(C(=O)N(C)CCN2CCC(OC(=O)Nc3ccccc3-c3ccccc3)CC2)cc1Br. The molecule has 1 aliphatic heterocycles. The number of carbonyl (C=O) groups excluding carboxylic acids is 2. The van der Waals surface area contributed by atoms with Gasteiger partial charge in [-0.1, -0.05) is 64.5 Å². The van der Waals surface area contributed by atoms with Gasteiger partial charge in [-0.25, -0.2) is 4.79 Å². The maximum absolute atomic E-state index is 12.9. The van der Waals surface area contributed by atoms with Crippen LogP contribution >= 0.6 is 31.9 Å². The van der Waals surface area contributed by atoms with Crippen LogP contribution in [0.2, 0.25) is 0 Å². The monoisotopic (exact) mass is 627 g/mol. The van der Waals surface area contributed by atoms with Gasteiger partial charge in [0.15, 0.2) is 0 Å². The van der Waals surface area contributed by atoms with E-state index in [0.717, 1.165) is 63.8 Å². The summed E-state index contributed by atoms with van der Waals surface area (Å²) in [5, 5.41) is 2.92. The van der Waals surface area contributed by atoms with Crippen molar-refractivity contribution in [3.8, 4) is 11.1 Å². The number of rotatable bonds is 7. The third-order valence-corrected chi connectivity index (χ3v) is 8.14. The number of piperidine rings is 1. The normalized spacial score (nSPS) is 14.3. The number of nitrogens with one attached hydrogen (secondary N) is 1. The molecule has 0 aromatic heterocycles. The molecular formula is C29H31Br2N3O3. The van der Waals surface area contributed by atoms with Gasteiger partial charge in [-0.15, -0.1) is 0 Å². The molecule has 2 amide bonds. The highest BCUT2D eigenvalue weighted by molar-refractivity contribution is 9.11. The van der Waals surface area contributed by atoms with Crippen LogP contribution in [0, 0.1) is 6.92 Å². The minimum atomic E-state index is -0.429. The highest BCUT2D eigenvalue weighted by Crippen LogP contribution is 2.28. The molecule has 0 saturated carbocycles. The third-order valence-electron chi connectivity index (χ3n) is 6.63. The fraction of sp³-hybridized carbons (Fsp3) is 0.310. The first-order valence-electron chi connectivity index (χ1n) is 12.4. The largest absolute Gasteiger partial charge is 0.446 e. The summed E-state index contributed by atoms with van der Waals surface area (Å²) in [6, 6.07) is 21.5. The minimum absolute atomic E-state index is 0.0155. The van der Waals surface area contributed by atoms with Crippen LogP contribution in [0.15, 0.2) is 75.7 Å². The van der Waals surface area contributed by atoms with Gasteiger partial charge in [0.05, 0.1) is 11.3 Å². The first-order chi connectivity index (χ1) is 17.8. The molecule has 1 saturated heterocycles. The van der Waals surface area contributed by atoms with Gasteiger partial charge in [0, 0.05) is 47.7 Å². The van der Waals surface area contributed by atoms with E-state index in [1.807, 2.05) is 80.7 Å². The van der Waals surface area contributed by atoms with Crippen LogP contribution in [0.1, 0.15) is 28.8 Å². The molecule has 6 nitrogen and oxygen atoms in total. The second kappa shape index (κ2) is 12.7. The van der Waals surface area contributed by atoms with E-state index in [-0.39, 0.29) is 12.0 Å². The number of aryl methyl sites for hydroxylation is 1. The van der Waals surface area contributed by atoms with Crippen molar-refractivity contribution in [1.29, 1.82) is 0 Å². The summed E-state index contributed by atoms with van der Waals surface area (Å²) < 4.78 is 7.46. The van der Waals surface area contributed by atoms with E-state index in [1.165, 1.54) is 0 Å². The first kappa shape index (κ1) is 27.4. The van der Waals surface area contributed by atoms with Crippen LogP contribution in [-0.4, -0.2) is 61.1 Å². The molecule has 4 rings (SSSR count). The molecule has 1 N–H and O–H groups in total. The van der Waals surface area contributed by atoms with E-state index < -0.39 is 6.09 Å². The lowest BCUT2D eigenvalue weighted by atomic mass is 10.0. The first-order valence-corrected chi connectivity index (χ1v) is 14.0. The van der Waals surface area contributed by atoms with Gasteiger partial charge in [0.1, 0.15) is 6.10 Å². The smallest absolute Gasteiger partial charge is 0.411 e. The van der Waals surface area contributed by atoms with Gasteiger partial charge in [-0.3, -0.25) is 10.1 Å². The standard InChI is InChI=1S/C29H31Br2N3O3/c1-20-18-26(31)24(19-25(20)30)28(35)33(2)16-17-34-14-12-22(13-15-34)37-29(36)32-27-11-7-6-10-23(27)21-8-4-3-5-9-21/h3-11,18-19,22H,12-17H2,1-2H3,(H,32,36). The van der Waals surface area contributed by atoms with Gasteiger partial charge in [0.25, 0.3) is 5.91 Å². The number of carbonyl (C=O) groups is 2. The molecule has 0 radical (unpaired) electrons. The molecule has 0 unspecified atom stereocenters. The Morgan fingerprint density at radius 3 is 2.41 bits per heavy atom. The van der Waals surface area contributed by atoms with E-state index in [9.17, 15) is 9.59 Å². The van der Waals surface area contributed by atoms with Crippen molar-refractivity contribution in [1.82, 2.24) is 9.80 Å². The van der Waals surface area contributed by atoms with Crippen LogP contribution in [0.4, 0.5) is 10.5 Å². The molecular weight excluding hydrogens is 598 g/mol. The van der Waals surface area contributed by atoms with Crippen molar-refractivity contribution < 1.29 is 14.3 Å². The van der Waals surface area contributed by atoms with Gasteiger partial charge in [-0.05, 0) is 65.0 Å². The second-order valence-corrected chi connectivity index (χ2v) is 11.0. The van der Waals surface area contributed by atoms with Gasteiger partial charge >= 0.3 is 6.09 Å². The minimum Gasteiger partial charge on any atom is -0.446 e. The van der Waals surface area contributed by atoms with Crippen LogP contribution in [-0.2, 0) is 4.74 Å². The number of hydrogen-bond donors (Lipinski definition) is 1. The van der Waals surface area contributed by atoms with Crippen molar-refractivity contribution in [2.75, 3.05) is 38.5 Å². The number of halogens is 2. The molecule has 1 heterocycles. The van der Waals surface area contributed by atoms with Gasteiger partial charge in [0.2, 0.25) is 0 Å². The molecule has 1 fully saturated rings. The van der Waals surface area contributed by atoms with Gasteiger partial charge in [-0.2, -0.15) is 0 Å². The topological polar surface area (TPSA) is 61.9 Å². The molecule has 37 heavy (non-hydrogen) atoms. The summed E-state index contributed by atoms with van der Waals surface area (Å²) in [5.74, 6) is -0.0155. The summed E-state index contributed by atoms with van der Waals surface area (Å²) in [4.78, 5) is 29.6. The Balaban J connectivity index is 1.23. The van der Waals surface area contributed by atoms with Gasteiger partial charge < -0.3 is 14.5 Å². The number of para-hydroxylation sites is 1. The lowest BCUT2D eigenvalue weighted by Crippen LogP contribution is -2.42. The zero-order valence-electron chi connectivity index (χ0n) is 21.0. The lowest BCUT2D eigenvalue weighted by molar-refractivity contribution is 0.0540. The number of likely N-dealkylation sites (tertiary alicyclic amines) is 1. The van der Waals surface area contributed by atoms with Crippen LogP contribution in [0.3, 0.4) is 0 Å². The van der Waals surface area contributed by atoms with E-state index in [0.29, 0.717) is 12.1 Å². The highest BCUT2D eigenvalue weighted by atomic mass is 79.9. The van der Waals surface area contributed by atoms with Crippen LogP contribution in [0.5, 0.6) is 0 Å². The summed E-state index contributed by atoms with van der Waals surface area (Å²) >= 11 is 7.03. The predicted octanol–water partition coefficient (Wildman–Crippen LogP) is 6.97. The number of hydrogen-bond acceptors (Lipinski definition) is 4. The van der Waals surface area contributed by atoms with E-state index in [1.54, 1.807) is 4.90 Å². The number of benzene rings is 3. The maximum Gasteiger partial charge on any atom is 0.411 e. The zero-order valence-corrected chi connectivity index (χ0v) is 24.2. The fourth-order valence-corrected chi connectivity index (χ4v) is 5.38. The Morgan fingerprint density at radius 1 is 1.00 bits per heavy atom. The van der Waals surface area contributed by atoms with E-state index in [4.69, 9.17) is 4.74 Å². The Kier molecular flexibility index (Phi) is 9.40. The molecule has 1 aliphatic rings. The van der Waals surface area contributed by atoms with Crippen LogP contribution < -0.4 is 5.32 Å². The summed E-state index contributed by atoms with van der Waals surface area (Å²) in [6.07, 6.45) is 0.978. The quantitative estimate of drug-likeness (QED) is 0.307. The second-order valence-electron chi connectivity index (χ2n) is 9.29. The average Bonchev–Trinajstić information content (AvgIpc) is 2.90. The number of ether oxygens (including phenoxy) is 1. The number of anilines is 1. The molecule has 194 valence electrons. The maximum atomic E-state index is 12.9. The third kappa shape index (κ3) is 7.21. The Labute approximate surface area is 235 Å². The van der Waals surface area contributed by atoms with E-state index in [2.05, 4.69) is 42.1 Å². The zero-order chi connectivity index (χ0) is 26.4. The molecule has 3 aromatic carbocycles. The number of amides is 2. The van der Waals surface area contributed by atoms with E-state index >= 15 is 0 Å². The summed E-state index contributed by atoms with van der Waals surface area (Å²) in [5.41, 5.74) is 4.45. The number of likely N-dealkylation sites (N-methyl/N-ethyl adjacent to an activating group) is 1. The predicted molar refractivity (Wildman–Crippen MR) is 155 cm³/mol. The van der Waals surface area contributed by atoms with Crippen molar-refractivity contribution in [3.63, 3.8) is 0 Å². The molecule has 8 heteroatoms. The molecule has 3 aromatic rings. The van der Waals surface area contributed by atoms with Crippen molar-refractivity contribution in [2.24, 2.45) is 0 Å². The summed E-state index contributed by atoms with van der Waals surface area (Å²) in [7, 11) is 1.83. The van der Waals surface area contributed by atoms with Crippen LogP contribution in [0.25, 0.3) is 11.1 Å². The molecule has 0 atom stereocenters. The number of nitrogens with zero attached hydrogens (tertiary/aromatic N) is 2. The average molecular weight is 629 g/mol. The highest BCUT2D eigenvalue weighted by Gasteiger charge is 2.24. The fourth-order valence-electron chi connectivity index (χ4n) is 4.41. The Morgan fingerprint density at radius 2 is 1.68 bits per heavy atom. The summed E-state index contributed by atoms with van der Waals surface area (Å²) in [6.45, 7) is 5.03. The molecule has 0 spiro atoms. The lowest BCUT2D eigenvalue weighted by Gasteiger charge is -2.32. The Bertz CT molecular complexity index is 1240. The molecule has 0 bridgehead atoms. The van der Waals surface area contributed by atoms with Crippen molar-refractivity contribution >= 4 is 49.5 Å².